The van der Waals surface area contributed by atoms with Crippen LogP contribution in [0, 0.1) is 23.2 Å². The highest BCUT2D eigenvalue weighted by Gasteiger charge is 2.21. The summed E-state index contributed by atoms with van der Waals surface area (Å²) in [6.45, 7) is 5.47. The van der Waals surface area contributed by atoms with Crippen molar-refractivity contribution < 1.29 is 4.79 Å². The molecule has 2 unspecified atom stereocenters. The summed E-state index contributed by atoms with van der Waals surface area (Å²) in [6, 6.07) is 2.17. The van der Waals surface area contributed by atoms with Crippen molar-refractivity contribution in [2.45, 2.75) is 33.1 Å². The lowest BCUT2D eigenvalue weighted by atomic mass is 10.0. The molecule has 0 N–H and O–H groups in total. The van der Waals surface area contributed by atoms with Crippen molar-refractivity contribution >= 4 is 5.91 Å². The van der Waals surface area contributed by atoms with E-state index in [2.05, 4.69) is 13.0 Å². The van der Waals surface area contributed by atoms with Crippen LogP contribution in [0.25, 0.3) is 0 Å². The standard InChI is InChI=1S/C11H18N2O/c1-9-3-4-11(14)13(6-5-9)8-10(2)7-12/h9-10H,3-6,8H2,1-2H3. The predicted octanol–water partition coefficient (Wildman–Crippen LogP) is 1.79. The number of carbonyl (C=O) groups excluding carboxylic acids is 1. The second-order valence-corrected chi connectivity index (χ2v) is 4.30. The lowest BCUT2D eigenvalue weighted by Gasteiger charge is -2.21. The summed E-state index contributed by atoms with van der Waals surface area (Å²) in [5.41, 5.74) is 0. The van der Waals surface area contributed by atoms with Crippen LogP contribution in [-0.4, -0.2) is 23.9 Å². The fourth-order valence-electron chi connectivity index (χ4n) is 1.74. The Bertz CT molecular complexity index is 244. The van der Waals surface area contributed by atoms with Crippen molar-refractivity contribution in [2.75, 3.05) is 13.1 Å². The molecule has 1 amide bonds. The summed E-state index contributed by atoms with van der Waals surface area (Å²) in [5, 5.41) is 8.69. The summed E-state index contributed by atoms with van der Waals surface area (Å²) >= 11 is 0. The number of amides is 1. The molecule has 0 aromatic rings. The molecule has 1 heterocycles. The van der Waals surface area contributed by atoms with Crippen LogP contribution in [0.5, 0.6) is 0 Å². The zero-order chi connectivity index (χ0) is 10.6. The Balaban J connectivity index is 2.50. The first-order valence-electron chi connectivity index (χ1n) is 5.31. The molecule has 1 aliphatic rings. The Morgan fingerprint density at radius 3 is 3.00 bits per heavy atom. The van der Waals surface area contributed by atoms with E-state index in [-0.39, 0.29) is 11.8 Å². The van der Waals surface area contributed by atoms with Gasteiger partial charge in [-0.3, -0.25) is 4.79 Å². The molecule has 0 radical (unpaired) electrons. The van der Waals surface area contributed by atoms with Gasteiger partial charge in [0.25, 0.3) is 0 Å². The molecule has 0 aliphatic carbocycles. The number of hydrogen-bond donors (Lipinski definition) is 0. The summed E-state index contributed by atoms with van der Waals surface area (Å²) < 4.78 is 0. The van der Waals surface area contributed by atoms with E-state index in [1.165, 1.54) is 0 Å². The molecule has 1 saturated heterocycles. The lowest BCUT2D eigenvalue weighted by Crippen LogP contribution is -2.33. The van der Waals surface area contributed by atoms with Crippen LogP contribution in [0.2, 0.25) is 0 Å². The average Bonchev–Trinajstić information content (AvgIpc) is 2.33. The first-order chi connectivity index (χ1) is 6.63. The summed E-state index contributed by atoms with van der Waals surface area (Å²) in [4.78, 5) is 13.5. The predicted molar refractivity (Wildman–Crippen MR) is 54.4 cm³/mol. The number of likely N-dealkylation sites (tertiary alicyclic amines) is 1. The highest BCUT2D eigenvalue weighted by atomic mass is 16.2. The fourth-order valence-corrected chi connectivity index (χ4v) is 1.74. The van der Waals surface area contributed by atoms with E-state index < -0.39 is 0 Å². The van der Waals surface area contributed by atoms with E-state index >= 15 is 0 Å². The molecule has 1 aliphatic heterocycles. The van der Waals surface area contributed by atoms with Gasteiger partial charge in [-0.05, 0) is 25.7 Å². The van der Waals surface area contributed by atoms with Gasteiger partial charge in [0.15, 0.2) is 0 Å². The molecule has 2 atom stereocenters. The first kappa shape index (κ1) is 11.0. The minimum atomic E-state index is -0.0487. The van der Waals surface area contributed by atoms with Gasteiger partial charge in [-0.1, -0.05) is 6.92 Å². The van der Waals surface area contributed by atoms with Crippen molar-refractivity contribution in [2.24, 2.45) is 11.8 Å². The fraction of sp³-hybridized carbons (Fsp3) is 0.818. The molecule has 1 rings (SSSR count). The Morgan fingerprint density at radius 2 is 2.36 bits per heavy atom. The van der Waals surface area contributed by atoms with Crippen LogP contribution >= 0.6 is 0 Å². The van der Waals surface area contributed by atoms with Crippen molar-refractivity contribution in [3.05, 3.63) is 0 Å². The van der Waals surface area contributed by atoms with Crippen LogP contribution in [0.15, 0.2) is 0 Å². The van der Waals surface area contributed by atoms with Gasteiger partial charge in [0.1, 0.15) is 0 Å². The van der Waals surface area contributed by atoms with Crippen molar-refractivity contribution in [3.8, 4) is 6.07 Å². The van der Waals surface area contributed by atoms with Gasteiger partial charge in [-0.2, -0.15) is 5.26 Å². The average molecular weight is 194 g/mol. The second-order valence-electron chi connectivity index (χ2n) is 4.30. The molecule has 0 saturated carbocycles. The maximum Gasteiger partial charge on any atom is 0.222 e. The number of hydrogen-bond acceptors (Lipinski definition) is 2. The molecular weight excluding hydrogens is 176 g/mol. The van der Waals surface area contributed by atoms with E-state index in [1.807, 2.05) is 11.8 Å². The largest absolute Gasteiger partial charge is 0.341 e. The monoisotopic (exact) mass is 194 g/mol. The van der Waals surface area contributed by atoms with Crippen molar-refractivity contribution in [1.29, 1.82) is 5.26 Å². The SMILES string of the molecule is CC(C#N)CN1CCC(C)CCC1=O. The van der Waals surface area contributed by atoms with Crippen LogP contribution in [0.1, 0.15) is 33.1 Å². The summed E-state index contributed by atoms with van der Waals surface area (Å²) in [5.74, 6) is 0.810. The van der Waals surface area contributed by atoms with E-state index in [0.717, 1.165) is 19.4 Å². The van der Waals surface area contributed by atoms with Crippen molar-refractivity contribution in [1.82, 2.24) is 4.90 Å². The van der Waals surface area contributed by atoms with E-state index in [1.54, 1.807) is 0 Å². The van der Waals surface area contributed by atoms with Gasteiger partial charge >= 0.3 is 0 Å². The molecule has 3 nitrogen and oxygen atoms in total. The van der Waals surface area contributed by atoms with E-state index in [0.29, 0.717) is 18.9 Å². The number of rotatable bonds is 2. The maximum atomic E-state index is 11.6. The molecule has 14 heavy (non-hydrogen) atoms. The van der Waals surface area contributed by atoms with Gasteiger partial charge in [0.2, 0.25) is 5.91 Å². The molecule has 0 aromatic heterocycles. The van der Waals surface area contributed by atoms with Gasteiger partial charge in [-0.25, -0.2) is 0 Å². The van der Waals surface area contributed by atoms with Crippen molar-refractivity contribution in [3.63, 3.8) is 0 Å². The minimum absolute atomic E-state index is 0.0487. The minimum Gasteiger partial charge on any atom is -0.341 e. The quantitative estimate of drug-likeness (QED) is 0.672. The zero-order valence-corrected chi connectivity index (χ0v) is 8.99. The number of nitriles is 1. The van der Waals surface area contributed by atoms with E-state index in [4.69, 9.17) is 5.26 Å². The molecule has 0 aromatic carbocycles. The molecule has 1 fully saturated rings. The van der Waals surface area contributed by atoms with Crippen LogP contribution in [0.3, 0.4) is 0 Å². The highest BCUT2D eigenvalue weighted by Crippen LogP contribution is 2.18. The maximum absolute atomic E-state index is 11.6. The normalized spacial score (nSPS) is 25.4. The highest BCUT2D eigenvalue weighted by molar-refractivity contribution is 5.76. The third kappa shape index (κ3) is 3.02. The van der Waals surface area contributed by atoms with E-state index in [9.17, 15) is 4.79 Å². The molecule has 0 bridgehead atoms. The zero-order valence-electron chi connectivity index (χ0n) is 8.99. The Kier molecular flexibility index (Phi) is 3.94. The summed E-state index contributed by atoms with van der Waals surface area (Å²) in [6.07, 6.45) is 2.72. The number of nitrogens with zero attached hydrogens (tertiary/aromatic N) is 2. The molecule has 3 heteroatoms. The van der Waals surface area contributed by atoms with Gasteiger partial charge < -0.3 is 4.90 Å². The van der Waals surface area contributed by atoms with Crippen LogP contribution < -0.4 is 0 Å². The molecule has 0 spiro atoms. The first-order valence-corrected chi connectivity index (χ1v) is 5.31. The third-order valence-corrected chi connectivity index (χ3v) is 2.81. The Morgan fingerprint density at radius 1 is 1.64 bits per heavy atom. The smallest absolute Gasteiger partial charge is 0.222 e. The second kappa shape index (κ2) is 4.99. The number of carbonyl (C=O) groups is 1. The van der Waals surface area contributed by atoms with Gasteiger partial charge in [-0.15, -0.1) is 0 Å². The lowest BCUT2D eigenvalue weighted by molar-refractivity contribution is -0.131. The van der Waals surface area contributed by atoms with Gasteiger partial charge in [0.05, 0.1) is 12.0 Å². The topological polar surface area (TPSA) is 44.1 Å². The van der Waals surface area contributed by atoms with Crippen LogP contribution in [-0.2, 0) is 4.79 Å². The molecule has 78 valence electrons. The molecular formula is C11H18N2O. The van der Waals surface area contributed by atoms with Crippen LogP contribution in [0.4, 0.5) is 0 Å². The van der Waals surface area contributed by atoms with Gasteiger partial charge in [0, 0.05) is 19.5 Å². The Hall–Kier alpha value is -1.04. The Labute approximate surface area is 85.7 Å². The third-order valence-electron chi connectivity index (χ3n) is 2.81. The summed E-state index contributed by atoms with van der Waals surface area (Å²) in [7, 11) is 0.